The number of rotatable bonds is 36. The molecule has 6 nitrogen and oxygen atoms in total. The molecule has 0 aliphatic rings. The number of ether oxygens (including phenoxy) is 6. The molecule has 0 rings (SSSR count). The van der Waals surface area contributed by atoms with Gasteiger partial charge in [0.1, 0.15) is 0 Å². The fourth-order valence-corrected chi connectivity index (χ4v) is 4.44. The Hall–Kier alpha value is 0.0500. The molecule has 0 atom stereocenters. The van der Waals surface area contributed by atoms with Crippen LogP contribution in [-0.4, -0.2) is 85.2 Å². The van der Waals surface area contributed by atoms with Gasteiger partial charge in [-0.05, 0) is 19.3 Å². The second-order valence-corrected chi connectivity index (χ2v) is 10.8. The van der Waals surface area contributed by atoms with Gasteiger partial charge in [0.15, 0.2) is 0 Å². The third kappa shape index (κ3) is 38.1. The number of alkyl halides is 1. The van der Waals surface area contributed by atoms with Crippen molar-refractivity contribution in [1.82, 2.24) is 0 Å². The standard InChI is InChI=1S/C32H65ClO6/c1-2-3-4-5-6-7-8-9-10-11-12-13-15-18-21-34-23-25-36-27-29-38-31-32-39-30-28-37-26-24-35-22-19-16-14-17-20-33/h2-32H2,1H3. The first-order valence-electron chi connectivity index (χ1n) is 16.4. The van der Waals surface area contributed by atoms with Crippen LogP contribution in [0.3, 0.4) is 0 Å². The molecule has 0 amide bonds. The second-order valence-electron chi connectivity index (χ2n) is 10.4. The Morgan fingerprint density at radius 2 is 0.513 bits per heavy atom. The molecule has 236 valence electrons. The van der Waals surface area contributed by atoms with Crippen LogP contribution < -0.4 is 0 Å². The molecule has 7 heteroatoms. The highest BCUT2D eigenvalue weighted by Crippen LogP contribution is 2.13. The molecular formula is C32H65ClO6. The minimum atomic E-state index is 0.574. The quantitative estimate of drug-likeness (QED) is 0.0548. The maximum absolute atomic E-state index is 5.67. The van der Waals surface area contributed by atoms with Gasteiger partial charge in [-0.25, -0.2) is 0 Å². The van der Waals surface area contributed by atoms with Gasteiger partial charge in [0.25, 0.3) is 0 Å². The number of hydrogen-bond acceptors (Lipinski definition) is 6. The van der Waals surface area contributed by atoms with E-state index >= 15 is 0 Å². The molecule has 0 fully saturated rings. The molecule has 0 aliphatic carbocycles. The molecule has 0 aromatic heterocycles. The average molecular weight is 581 g/mol. The van der Waals surface area contributed by atoms with Crippen LogP contribution in [-0.2, 0) is 28.4 Å². The van der Waals surface area contributed by atoms with Crippen molar-refractivity contribution < 1.29 is 28.4 Å². The molecule has 39 heavy (non-hydrogen) atoms. The smallest absolute Gasteiger partial charge is 0.0701 e. The van der Waals surface area contributed by atoms with Crippen molar-refractivity contribution in [2.45, 2.75) is 122 Å². The molecular weight excluding hydrogens is 516 g/mol. The Morgan fingerprint density at radius 3 is 0.795 bits per heavy atom. The number of hydrogen-bond donors (Lipinski definition) is 0. The van der Waals surface area contributed by atoms with Crippen molar-refractivity contribution in [2.24, 2.45) is 0 Å². The van der Waals surface area contributed by atoms with Crippen molar-refractivity contribution in [3.63, 3.8) is 0 Å². The first-order valence-corrected chi connectivity index (χ1v) is 17.0. The monoisotopic (exact) mass is 580 g/mol. The molecule has 0 N–H and O–H groups in total. The van der Waals surface area contributed by atoms with Crippen LogP contribution in [0, 0.1) is 0 Å². The highest BCUT2D eigenvalue weighted by atomic mass is 35.5. The summed E-state index contributed by atoms with van der Waals surface area (Å²) in [7, 11) is 0. The Bertz CT molecular complexity index is 380. The lowest BCUT2D eigenvalue weighted by Crippen LogP contribution is -2.14. The Labute approximate surface area is 247 Å². The third-order valence-corrected chi connectivity index (χ3v) is 6.94. The van der Waals surface area contributed by atoms with E-state index < -0.39 is 0 Å². The van der Waals surface area contributed by atoms with Gasteiger partial charge in [-0.3, -0.25) is 0 Å². The van der Waals surface area contributed by atoms with E-state index in [4.69, 9.17) is 40.0 Å². The van der Waals surface area contributed by atoms with Gasteiger partial charge < -0.3 is 28.4 Å². The van der Waals surface area contributed by atoms with E-state index in [2.05, 4.69) is 6.92 Å². The summed E-state index contributed by atoms with van der Waals surface area (Å²) in [5, 5.41) is 0. The first-order chi connectivity index (χ1) is 19.4. The van der Waals surface area contributed by atoms with Gasteiger partial charge in [0, 0.05) is 19.1 Å². The van der Waals surface area contributed by atoms with Gasteiger partial charge >= 0.3 is 0 Å². The van der Waals surface area contributed by atoms with Crippen LogP contribution in [0.25, 0.3) is 0 Å². The van der Waals surface area contributed by atoms with Crippen molar-refractivity contribution >= 4 is 11.6 Å². The van der Waals surface area contributed by atoms with Gasteiger partial charge in [-0.15, -0.1) is 11.6 Å². The first kappa shape index (κ1) is 39.0. The highest BCUT2D eigenvalue weighted by Gasteiger charge is 1.97. The zero-order chi connectivity index (χ0) is 28.2. The fourth-order valence-electron chi connectivity index (χ4n) is 4.25. The molecule has 0 aliphatic heterocycles. The summed E-state index contributed by atoms with van der Waals surface area (Å²) in [4.78, 5) is 0. The lowest BCUT2D eigenvalue weighted by Gasteiger charge is -2.08. The zero-order valence-corrected chi connectivity index (χ0v) is 26.5. The SMILES string of the molecule is CCCCCCCCCCCCCCCCOCCOCCOCCOCCOCCOCCCCCCCl. The van der Waals surface area contributed by atoms with E-state index in [1.54, 1.807) is 0 Å². The van der Waals surface area contributed by atoms with E-state index in [0.29, 0.717) is 66.1 Å². The molecule has 0 aromatic rings. The topological polar surface area (TPSA) is 55.4 Å². The Balaban J connectivity index is 3.01. The van der Waals surface area contributed by atoms with Gasteiger partial charge in [0.05, 0.1) is 66.1 Å². The largest absolute Gasteiger partial charge is 0.379 e. The van der Waals surface area contributed by atoms with Crippen LogP contribution >= 0.6 is 11.6 Å². The number of halogens is 1. The molecule has 0 bridgehead atoms. The van der Waals surface area contributed by atoms with Crippen LogP contribution in [0.4, 0.5) is 0 Å². The summed E-state index contributed by atoms with van der Waals surface area (Å²) >= 11 is 5.65. The minimum Gasteiger partial charge on any atom is -0.379 e. The van der Waals surface area contributed by atoms with E-state index in [1.165, 1.54) is 96.3 Å². The highest BCUT2D eigenvalue weighted by molar-refractivity contribution is 6.17. The van der Waals surface area contributed by atoms with Crippen LogP contribution in [0.5, 0.6) is 0 Å². The van der Waals surface area contributed by atoms with Crippen molar-refractivity contribution in [3.8, 4) is 0 Å². The van der Waals surface area contributed by atoms with E-state index in [1.807, 2.05) is 0 Å². The van der Waals surface area contributed by atoms with Crippen LogP contribution in [0.2, 0.25) is 0 Å². The minimum absolute atomic E-state index is 0.574. The Kier molecular flexibility index (Phi) is 38.1. The lowest BCUT2D eigenvalue weighted by molar-refractivity contribution is -0.0169. The molecule has 0 saturated carbocycles. The van der Waals surface area contributed by atoms with Gasteiger partial charge in [-0.2, -0.15) is 0 Å². The second kappa shape index (κ2) is 38.0. The molecule has 0 aromatic carbocycles. The lowest BCUT2D eigenvalue weighted by atomic mass is 10.0. The number of unbranched alkanes of at least 4 members (excludes halogenated alkanes) is 16. The fraction of sp³-hybridized carbons (Fsp3) is 1.00. The van der Waals surface area contributed by atoms with E-state index in [-0.39, 0.29) is 0 Å². The third-order valence-electron chi connectivity index (χ3n) is 6.67. The van der Waals surface area contributed by atoms with Crippen LogP contribution in [0.15, 0.2) is 0 Å². The Morgan fingerprint density at radius 1 is 0.282 bits per heavy atom. The van der Waals surface area contributed by atoms with Crippen molar-refractivity contribution in [1.29, 1.82) is 0 Å². The summed E-state index contributed by atoms with van der Waals surface area (Å²) in [5.74, 6) is 0.757. The molecule has 0 unspecified atom stereocenters. The summed E-state index contributed by atoms with van der Waals surface area (Å²) in [5.41, 5.74) is 0. The van der Waals surface area contributed by atoms with E-state index in [0.717, 1.165) is 38.4 Å². The summed E-state index contributed by atoms with van der Waals surface area (Å²) in [6.07, 6.45) is 23.9. The normalized spacial score (nSPS) is 11.5. The molecule has 0 radical (unpaired) electrons. The molecule has 0 spiro atoms. The van der Waals surface area contributed by atoms with Crippen molar-refractivity contribution in [3.05, 3.63) is 0 Å². The maximum atomic E-state index is 5.67. The van der Waals surface area contributed by atoms with Crippen molar-refractivity contribution in [2.75, 3.05) is 85.2 Å². The predicted molar refractivity (Wildman–Crippen MR) is 164 cm³/mol. The summed E-state index contributed by atoms with van der Waals surface area (Å²) in [6.45, 7) is 9.98. The van der Waals surface area contributed by atoms with Gasteiger partial charge in [0.2, 0.25) is 0 Å². The van der Waals surface area contributed by atoms with Crippen LogP contribution in [0.1, 0.15) is 122 Å². The summed E-state index contributed by atoms with van der Waals surface area (Å²) in [6, 6.07) is 0. The maximum Gasteiger partial charge on any atom is 0.0701 e. The molecule has 0 heterocycles. The average Bonchev–Trinajstić information content (AvgIpc) is 2.95. The summed E-state index contributed by atoms with van der Waals surface area (Å²) < 4.78 is 33.3. The predicted octanol–water partition coefficient (Wildman–Crippen LogP) is 8.37. The zero-order valence-electron chi connectivity index (χ0n) is 25.7. The van der Waals surface area contributed by atoms with E-state index in [9.17, 15) is 0 Å². The van der Waals surface area contributed by atoms with Gasteiger partial charge in [-0.1, -0.05) is 103 Å². The molecule has 0 saturated heterocycles.